The number of aromatic nitrogens is 2. The average Bonchev–Trinajstić information content (AvgIpc) is 3.20. The van der Waals surface area contributed by atoms with Gasteiger partial charge in [0, 0.05) is 32.7 Å². The predicted octanol–water partition coefficient (Wildman–Crippen LogP) is 1.05. The first-order chi connectivity index (χ1) is 11.2. The van der Waals surface area contributed by atoms with Crippen LogP contribution >= 0.6 is 11.3 Å². The first kappa shape index (κ1) is 16.1. The summed E-state index contributed by atoms with van der Waals surface area (Å²) in [5, 5.41) is 8.87. The molecule has 1 N–H and O–H groups in total. The van der Waals surface area contributed by atoms with Crippen LogP contribution in [0.4, 0.5) is 0 Å². The third kappa shape index (κ3) is 4.37. The van der Waals surface area contributed by atoms with Crippen LogP contribution < -0.4 is 5.32 Å². The highest BCUT2D eigenvalue weighted by Gasteiger charge is 2.20. The van der Waals surface area contributed by atoms with Crippen LogP contribution in [-0.4, -0.2) is 65.1 Å². The summed E-state index contributed by atoms with van der Waals surface area (Å²) in [5.74, 6) is 1.40. The third-order valence-corrected chi connectivity index (χ3v) is 4.64. The lowest BCUT2D eigenvalue weighted by Gasteiger charge is -2.33. The van der Waals surface area contributed by atoms with E-state index < -0.39 is 0 Å². The summed E-state index contributed by atoms with van der Waals surface area (Å²) in [5.41, 5.74) is 0. The summed E-state index contributed by atoms with van der Waals surface area (Å²) in [4.78, 5) is 21.5. The Bertz CT molecular complexity index is 620. The molecule has 0 aromatic carbocycles. The second-order valence-corrected chi connectivity index (χ2v) is 6.44. The van der Waals surface area contributed by atoms with E-state index in [0.29, 0.717) is 31.3 Å². The van der Waals surface area contributed by atoms with Gasteiger partial charge in [-0.15, -0.1) is 11.3 Å². The minimum atomic E-state index is 0.0958. The van der Waals surface area contributed by atoms with Gasteiger partial charge in [0.1, 0.15) is 0 Å². The van der Waals surface area contributed by atoms with Crippen molar-refractivity contribution in [2.75, 3.05) is 39.3 Å². The first-order valence-electron chi connectivity index (χ1n) is 7.82. The van der Waals surface area contributed by atoms with E-state index in [0.717, 1.165) is 31.1 Å². The van der Waals surface area contributed by atoms with Gasteiger partial charge >= 0.3 is 0 Å². The molecule has 0 aliphatic carbocycles. The van der Waals surface area contributed by atoms with E-state index in [9.17, 15) is 4.79 Å². The van der Waals surface area contributed by atoms with E-state index in [4.69, 9.17) is 4.52 Å². The van der Waals surface area contributed by atoms with Crippen LogP contribution in [0.2, 0.25) is 0 Å². The Morgan fingerprint density at radius 2 is 2.13 bits per heavy atom. The van der Waals surface area contributed by atoms with E-state index in [-0.39, 0.29) is 5.91 Å². The van der Waals surface area contributed by atoms with Gasteiger partial charge in [0.05, 0.1) is 18.0 Å². The molecule has 124 valence electrons. The number of nitrogens with one attached hydrogen (secondary N) is 1. The maximum atomic E-state index is 11.6. The number of nitrogens with zero attached hydrogens (tertiary/aromatic N) is 4. The average molecular weight is 335 g/mol. The SMILES string of the molecule is CCNC(=O)CN1CCN(Cc2nc(-c3cccs3)no2)CC1. The van der Waals surface area contributed by atoms with Gasteiger partial charge in [0.15, 0.2) is 0 Å². The zero-order chi connectivity index (χ0) is 16.1. The van der Waals surface area contributed by atoms with Crippen LogP contribution in [0.25, 0.3) is 10.7 Å². The Labute approximate surface area is 139 Å². The fourth-order valence-corrected chi connectivity index (χ4v) is 3.23. The quantitative estimate of drug-likeness (QED) is 0.851. The lowest BCUT2D eigenvalue weighted by atomic mass is 10.3. The maximum Gasteiger partial charge on any atom is 0.241 e. The van der Waals surface area contributed by atoms with Gasteiger partial charge in [-0.05, 0) is 18.4 Å². The van der Waals surface area contributed by atoms with Gasteiger partial charge in [0.2, 0.25) is 17.6 Å². The number of piperazine rings is 1. The summed E-state index contributed by atoms with van der Waals surface area (Å²) in [6, 6.07) is 3.96. The van der Waals surface area contributed by atoms with Crippen molar-refractivity contribution >= 4 is 17.2 Å². The van der Waals surface area contributed by atoms with Gasteiger partial charge in [-0.1, -0.05) is 11.2 Å². The molecule has 1 fully saturated rings. The molecular weight excluding hydrogens is 314 g/mol. The molecule has 1 aliphatic rings. The Morgan fingerprint density at radius 3 is 2.83 bits per heavy atom. The molecule has 1 amide bonds. The summed E-state index contributed by atoms with van der Waals surface area (Å²) >= 11 is 1.60. The highest BCUT2D eigenvalue weighted by Crippen LogP contribution is 2.21. The van der Waals surface area contributed by atoms with E-state index in [1.54, 1.807) is 11.3 Å². The third-order valence-electron chi connectivity index (χ3n) is 3.77. The van der Waals surface area contributed by atoms with Crippen LogP contribution in [0.15, 0.2) is 22.0 Å². The van der Waals surface area contributed by atoms with Gasteiger partial charge in [-0.2, -0.15) is 4.98 Å². The fraction of sp³-hybridized carbons (Fsp3) is 0.533. The summed E-state index contributed by atoms with van der Waals surface area (Å²) in [7, 11) is 0. The van der Waals surface area contributed by atoms with Crippen LogP contribution in [0.3, 0.4) is 0 Å². The number of carbonyl (C=O) groups excluding carboxylic acids is 1. The van der Waals surface area contributed by atoms with Gasteiger partial charge in [-0.3, -0.25) is 14.6 Å². The lowest BCUT2D eigenvalue weighted by Crippen LogP contribution is -2.49. The smallest absolute Gasteiger partial charge is 0.241 e. The molecule has 2 aromatic rings. The van der Waals surface area contributed by atoms with E-state index >= 15 is 0 Å². The number of likely N-dealkylation sites (N-methyl/N-ethyl adjacent to an activating group) is 1. The normalized spacial score (nSPS) is 16.6. The predicted molar refractivity (Wildman–Crippen MR) is 88.0 cm³/mol. The molecule has 23 heavy (non-hydrogen) atoms. The molecular formula is C15H21N5O2S. The molecule has 3 heterocycles. The van der Waals surface area contributed by atoms with Crippen LogP contribution in [-0.2, 0) is 11.3 Å². The van der Waals surface area contributed by atoms with Crippen molar-refractivity contribution < 1.29 is 9.32 Å². The molecule has 7 nitrogen and oxygen atoms in total. The number of amides is 1. The molecule has 8 heteroatoms. The number of rotatable bonds is 6. The second-order valence-electron chi connectivity index (χ2n) is 5.49. The zero-order valence-corrected chi connectivity index (χ0v) is 14.0. The molecule has 0 atom stereocenters. The molecule has 0 bridgehead atoms. The van der Waals surface area contributed by atoms with E-state index in [1.807, 2.05) is 24.4 Å². The van der Waals surface area contributed by atoms with Crippen molar-refractivity contribution in [3.05, 3.63) is 23.4 Å². The van der Waals surface area contributed by atoms with Crippen molar-refractivity contribution in [2.45, 2.75) is 13.5 Å². The molecule has 0 saturated carbocycles. The van der Waals surface area contributed by atoms with Crippen molar-refractivity contribution in [3.63, 3.8) is 0 Å². The number of hydrogen-bond acceptors (Lipinski definition) is 7. The molecule has 0 radical (unpaired) electrons. The minimum absolute atomic E-state index is 0.0958. The molecule has 3 rings (SSSR count). The van der Waals surface area contributed by atoms with Crippen LogP contribution in [0.1, 0.15) is 12.8 Å². The molecule has 2 aromatic heterocycles. The summed E-state index contributed by atoms with van der Waals surface area (Å²) in [6.07, 6.45) is 0. The van der Waals surface area contributed by atoms with Gasteiger partial charge in [-0.25, -0.2) is 0 Å². The largest absolute Gasteiger partial charge is 0.355 e. The van der Waals surface area contributed by atoms with Crippen LogP contribution in [0, 0.1) is 0 Å². The summed E-state index contributed by atoms with van der Waals surface area (Å²) in [6.45, 7) is 7.31. The Kier molecular flexibility index (Phi) is 5.37. The lowest BCUT2D eigenvalue weighted by molar-refractivity contribution is -0.122. The number of thiophene rings is 1. The van der Waals surface area contributed by atoms with Crippen molar-refractivity contribution in [1.82, 2.24) is 25.3 Å². The second kappa shape index (κ2) is 7.67. The fourth-order valence-electron chi connectivity index (χ4n) is 2.58. The van der Waals surface area contributed by atoms with Crippen molar-refractivity contribution in [3.8, 4) is 10.7 Å². The zero-order valence-electron chi connectivity index (χ0n) is 13.2. The van der Waals surface area contributed by atoms with E-state index in [2.05, 4.69) is 25.3 Å². The Morgan fingerprint density at radius 1 is 1.35 bits per heavy atom. The first-order valence-corrected chi connectivity index (χ1v) is 8.70. The Hall–Kier alpha value is -1.77. The number of carbonyl (C=O) groups is 1. The van der Waals surface area contributed by atoms with Gasteiger partial charge in [0.25, 0.3) is 0 Å². The highest BCUT2D eigenvalue weighted by atomic mass is 32.1. The molecule has 1 aliphatic heterocycles. The summed E-state index contributed by atoms with van der Waals surface area (Å²) < 4.78 is 5.34. The molecule has 1 saturated heterocycles. The highest BCUT2D eigenvalue weighted by molar-refractivity contribution is 7.13. The molecule has 0 spiro atoms. The number of hydrogen-bond donors (Lipinski definition) is 1. The minimum Gasteiger partial charge on any atom is -0.355 e. The Balaban J connectivity index is 1.46. The van der Waals surface area contributed by atoms with Crippen molar-refractivity contribution in [2.24, 2.45) is 0 Å². The van der Waals surface area contributed by atoms with Crippen molar-refractivity contribution in [1.29, 1.82) is 0 Å². The maximum absolute atomic E-state index is 11.6. The van der Waals surface area contributed by atoms with Crippen LogP contribution in [0.5, 0.6) is 0 Å². The molecule has 0 unspecified atom stereocenters. The standard InChI is InChI=1S/C15H21N5O2S/c1-2-16-13(21)10-19-5-7-20(8-6-19)11-14-17-15(18-22-14)12-4-3-9-23-12/h3-4,9H,2,5-8,10-11H2,1H3,(H,16,21). The topological polar surface area (TPSA) is 74.5 Å². The van der Waals surface area contributed by atoms with Gasteiger partial charge < -0.3 is 9.84 Å². The monoisotopic (exact) mass is 335 g/mol. The van der Waals surface area contributed by atoms with E-state index in [1.165, 1.54) is 0 Å².